The van der Waals surface area contributed by atoms with Crippen molar-refractivity contribution in [1.29, 1.82) is 0 Å². The average Bonchev–Trinajstić information content (AvgIpc) is 2.75. The monoisotopic (exact) mass is 469 g/mol. The molecule has 4 rings (SSSR count). The topological polar surface area (TPSA) is 104 Å². The summed E-state index contributed by atoms with van der Waals surface area (Å²) in [6.07, 6.45) is 3.21. The number of nitrogens with one attached hydrogen (secondary N) is 1. The van der Waals surface area contributed by atoms with Crippen LogP contribution in [-0.4, -0.2) is 72.2 Å². The lowest BCUT2D eigenvalue weighted by molar-refractivity contribution is 0.311. The fraction of sp³-hybridized carbons (Fsp3) is 0.478. The first kappa shape index (κ1) is 23.3. The highest BCUT2D eigenvalue weighted by molar-refractivity contribution is 7.90. The average molecular weight is 470 g/mol. The summed E-state index contributed by atoms with van der Waals surface area (Å²) in [5.74, 6) is 1.52. The Hall–Kier alpha value is -2.85. The van der Waals surface area contributed by atoms with E-state index in [1.165, 1.54) is 6.33 Å². The number of aromatic nitrogens is 4. The van der Waals surface area contributed by atoms with E-state index in [9.17, 15) is 8.42 Å². The van der Waals surface area contributed by atoms with Crippen molar-refractivity contribution in [2.24, 2.45) is 5.92 Å². The van der Waals surface area contributed by atoms with Crippen molar-refractivity contribution in [1.82, 2.24) is 24.8 Å². The van der Waals surface area contributed by atoms with Crippen molar-refractivity contribution < 1.29 is 8.42 Å². The van der Waals surface area contributed by atoms with Crippen molar-refractivity contribution in [3.63, 3.8) is 0 Å². The molecule has 1 saturated heterocycles. The van der Waals surface area contributed by atoms with E-state index in [0.717, 1.165) is 43.0 Å². The Balaban J connectivity index is 1.62. The minimum absolute atomic E-state index is 0.0143. The lowest BCUT2D eigenvalue weighted by Gasteiger charge is -2.32. The second-order valence-electron chi connectivity index (χ2n) is 9.14. The van der Waals surface area contributed by atoms with Crippen LogP contribution in [0.4, 0.5) is 17.5 Å². The van der Waals surface area contributed by atoms with Crippen LogP contribution in [0.3, 0.4) is 0 Å². The van der Waals surface area contributed by atoms with E-state index < -0.39 is 9.84 Å². The Kier molecular flexibility index (Phi) is 6.76. The molecule has 0 saturated carbocycles. The molecule has 9 nitrogen and oxygen atoms in total. The molecule has 33 heavy (non-hydrogen) atoms. The van der Waals surface area contributed by atoms with E-state index in [2.05, 4.69) is 37.1 Å². The molecule has 1 aromatic carbocycles. The number of piperazine rings is 1. The number of nitrogens with zero attached hydrogens (tertiary/aromatic N) is 6. The lowest BCUT2D eigenvalue weighted by Crippen LogP contribution is -2.45. The summed E-state index contributed by atoms with van der Waals surface area (Å²) in [5, 5.41) is 3.36. The Morgan fingerprint density at radius 3 is 2.58 bits per heavy atom. The minimum Gasteiger partial charge on any atom is -0.338 e. The molecule has 1 fully saturated rings. The van der Waals surface area contributed by atoms with Crippen LogP contribution < -0.4 is 10.2 Å². The Morgan fingerprint density at radius 2 is 1.85 bits per heavy atom. The fourth-order valence-corrected chi connectivity index (χ4v) is 5.76. The van der Waals surface area contributed by atoms with Crippen LogP contribution in [-0.2, 0) is 15.6 Å². The molecule has 0 unspecified atom stereocenters. The smallest absolute Gasteiger partial charge is 0.226 e. The molecule has 0 bridgehead atoms. The molecule has 2 aromatic heterocycles. The van der Waals surface area contributed by atoms with E-state index in [1.807, 2.05) is 39.0 Å². The third-order valence-corrected chi connectivity index (χ3v) is 7.63. The van der Waals surface area contributed by atoms with Gasteiger partial charge in [0.2, 0.25) is 5.95 Å². The summed E-state index contributed by atoms with van der Waals surface area (Å²) in [4.78, 5) is 22.5. The molecule has 3 aromatic rings. The predicted molar refractivity (Wildman–Crippen MR) is 132 cm³/mol. The van der Waals surface area contributed by atoms with Gasteiger partial charge in [-0.1, -0.05) is 26.0 Å². The Labute approximate surface area is 195 Å². The maximum absolute atomic E-state index is 12.5. The summed E-state index contributed by atoms with van der Waals surface area (Å²) in [7, 11) is -1.07. The van der Waals surface area contributed by atoms with Gasteiger partial charge in [0.25, 0.3) is 0 Å². The molecule has 0 atom stereocenters. The number of sulfone groups is 1. The van der Waals surface area contributed by atoms with Crippen LogP contribution in [0, 0.1) is 12.8 Å². The maximum atomic E-state index is 12.5. The van der Waals surface area contributed by atoms with Gasteiger partial charge in [0.1, 0.15) is 17.4 Å². The van der Waals surface area contributed by atoms with E-state index in [0.29, 0.717) is 22.8 Å². The van der Waals surface area contributed by atoms with Crippen molar-refractivity contribution in [2.75, 3.05) is 49.2 Å². The van der Waals surface area contributed by atoms with Gasteiger partial charge >= 0.3 is 0 Å². The summed E-state index contributed by atoms with van der Waals surface area (Å²) in [6, 6.07) is 5.67. The summed E-state index contributed by atoms with van der Waals surface area (Å²) in [6.45, 7) is 9.46. The largest absolute Gasteiger partial charge is 0.338 e. The normalized spacial score (nSPS) is 15.4. The zero-order valence-electron chi connectivity index (χ0n) is 19.6. The first-order valence-corrected chi connectivity index (χ1v) is 13.0. The number of hydrogen-bond acceptors (Lipinski definition) is 9. The Morgan fingerprint density at radius 1 is 1.09 bits per heavy atom. The van der Waals surface area contributed by atoms with Gasteiger partial charge in [-0.2, -0.15) is 0 Å². The summed E-state index contributed by atoms with van der Waals surface area (Å²) in [5.41, 5.74) is 3.82. The summed E-state index contributed by atoms with van der Waals surface area (Å²) < 4.78 is 25.0. The van der Waals surface area contributed by atoms with Gasteiger partial charge in [-0.05, 0) is 37.1 Å². The fourth-order valence-electron chi connectivity index (χ4n) is 3.94. The van der Waals surface area contributed by atoms with Crippen molar-refractivity contribution in [3.05, 3.63) is 41.9 Å². The lowest BCUT2D eigenvalue weighted by atomic mass is 10.1. The highest BCUT2D eigenvalue weighted by atomic mass is 32.2. The molecule has 1 N–H and O–H groups in total. The highest BCUT2D eigenvalue weighted by Crippen LogP contribution is 2.26. The van der Waals surface area contributed by atoms with Crippen LogP contribution in [0.2, 0.25) is 0 Å². The van der Waals surface area contributed by atoms with Crippen molar-refractivity contribution in [3.8, 4) is 0 Å². The second-order valence-corrected chi connectivity index (χ2v) is 11.2. The number of likely N-dealkylation sites (N-methyl/N-ethyl adjacent to an activating group) is 1. The standard InChI is InChI=1S/C23H31N7O2S/c1-16(2)13-33(31,32)14-18-6-5-17(3)19(11-18)27-22-21-20(25-15-26-22)12-24-23(28-21)30-9-7-29(4)8-10-30/h5-6,11-12,15-16H,7-10,13-14H2,1-4H3,(H,25,26,27). The second kappa shape index (κ2) is 9.56. The van der Waals surface area contributed by atoms with E-state index in [1.54, 1.807) is 6.20 Å². The molecule has 3 heterocycles. The minimum atomic E-state index is -3.18. The number of aryl methyl sites for hydroxylation is 1. The number of rotatable bonds is 7. The van der Waals surface area contributed by atoms with Crippen molar-refractivity contribution >= 4 is 38.3 Å². The maximum Gasteiger partial charge on any atom is 0.226 e. The number of hydrogen-bond donors (Lipinski definition) is 1. The van der Waals surface area contributed by atoms with Gasteiger partial charge in [-0.3, -0.25) is 0 Å². The number of anilines is 3. The molecule has 176 valence electrons. The zero-order valence-corrected chi connectivity index (χ0v) is 20.4. The summed E-state index contributed by atoms with van der Waals surface area (Å²) >= 11 is 0. The molecule has 0 radical (unpaired) electrons. The van der Waals surface area contributed by atoms with Crippen LogP contribution in [0.5, 0.6) is 0 Å². The molecule has 1 aliphatic rings. The molecular formula is C23H31N7O2S. The van der Waals surface area contributed by atoms with E-state index in [4.69, 9.17) is 4.98 Å². The molecular weight excluding hydrogens is 438 g/mol. The molecule has 0 aliphatic carbocycles. The Bertz CT molecular complexity index is 1240. The van der Waals surface area contributed by atoms with Crippen LogP contribution >= 0.6 is 0 Å². The molecule has 10 heteroatoms. The van der Waals surface area contributed by atoms with Crippen LogP contribution in [0.1, 0.15) is 25.0 Å². The number of benzene rings is 1. The first-order valence-electron chi connectivity index (χ1n) is 11.2. The van der Waals surface area contributed by atoms with Gasteiger partial charge < -0.3 is 15.1 Å². The van der Waals surface area contributed by atoms with Gasteiger partial charge in [-0.15, -0.1) is 0 Å². The third kappa shape index (κ3) is 5.75. The molecule has 0 spiro atoms. The van der Waals surface area contributed by atoms with E-state index >= 15 is 0 Å². The number of fused-ring (bicyclic) bond motifs is 1. The third-order valence-electron chi connectivity index (χ3n) is 5.68. The predicted octanol–water partition coefficient (Wildman–Crippen LogP) is 2.79. The van der Waals surface area contributed by atoms with Gasteiger partial charge in [0.05, 0.1) is 17.7 Å². The SMILES string of the molecule is Cc1ccc(CS(=O)(=O)CC(C)C)cc1Nc1ncnc2cnc(N3CCN(C)CC3)nc12. The van der Waals surface area contributed by atoms with E-state index in [-0.39, 0.29) is 17.4 Å². The van der Waals surface area contributed by atoms with Gasteiger partial charge in [-0.25, -0.2) is 28.4 Å². The van der Waals surface area contributed by atoms with Crippen molar-refractivity contribution in [2.45, 2.75) is 26.5 Å². The highest BCUT2D eigenvalue weighted by Gasteiger charge is 2.19. The first-order chi connectivity index (χ1) is 15.7. The molecule has 1 aliphatic heterocycles. The molecule has 0 amide bonds. The van der Waals surface area contributed by atoms with Gasteiger partial charge in [0, 0.05) is 31.9 Å². The van der Waals surface area contributed by atoms with Crippen LogP contribution in [0.15, 0.2) is 30.7 Å². The quantitative estimate of drug-likeness (QED) is 0.559. The zero-order chi connectivity index (χ0) is 23.6. The van der Waals surface area contributed by atoms with Gasteiger partial charge in [0.15, 0.2) is 15.7 Å². The van der Waals surface area contributed by atoms with Crippen LogP contribution in [0.25, 0.3) is 11.0 Å².